The predicted molar refractivity (Wildman–Crippen MR) is 83.8 cm³/mol. The van der Waals surface area contributed by atoms with Crippen molar-refractivity contribution in [3.8, 4) is 0 Å². The van der Waals surface area contributed by atoms with Gasteiger partial charge in [0.05, 0.1) is 0 Å². The molecule has 0 heterocycles. The number of benzene rings is 1. The van der Waals surface area contributed by atoms with Gasteiger partial charge in [-0.3, -0.25) is 0 Å². The van der Waals surface area contributed by atoms with Gasteiger partial charge in [-0.05, 0) is 56.5 Å². The van der Waals surface area contributed by atoms with Gasteiger partial charge in [0.1, 0.15) is 5.82 Å². The molecule has 0 spiro atoms. The number of rotatable bonds is 7. The van der Waals surface area contributed by atoms with Crippen LogP contribution in [0, 0.1) is 12.7 Å². The Morgan fingerprint density at radius 1 is 1.50 bits per heavy atom. The van der Waals surface area contributed by atoms with Crippen molar-refractivity contribution in [1.29, 1.82) is 0 Å². The van der Waals surface area contributed by atoms with E-state index in [1.165, 1.54) is 12.8 Å². The monoisotopic (exact) mass is 276 g/mol. The summed E-state index contributed by atoms with van der Waals surface area (Å²) in [5.41, 5.74) is 2.91. The number of nitrogens with zero attached hydrogens (tertiary/aromatic N) is 1. The topological polar surface area (TPSA) is 15.3 Å². The van der Waals surface area contributed by atoms with E-state index in [-0.39, 0.29) is 11.9 Å². The summed E-state index contributed by atoms with van der Waals surface area (Å²) >= 11 is 0. The maximum atomic E-state index is 14.0. The van der Waals surface area contributed by atoms with Crippen LogP contribution in [0.4, 0.5) is 10.1 Å². The first-order valence-corrected chi connectivity index (χ1v) is 7.49. The second-order valence-corrected chi connectivity index (χ2v) is 5.61. The van der Waals surface area contributed by atoms with E-state index in [9.17, 15) is 4.39 Å². The molecule has 0 amide bonds. The zero-order valence-electron chi connectivity index (χ0n) is 12.7. The van der Waals surface area contributed by atoms with Gasteiger partial charge in [0, 0.05) is 24.3 Å². The summed E-state index contributed by atoms with van der Waals surface area (Å²) in [5.74, 6) is -0.122. The molecule has 1 aliphatic carbocycles. The van der Waals surface area contributed by atoms with Crippen LogP contribution in [0.25, 0.3) is 0 Å². The average Bonchev–Trinajstić information content (AvgIpc) is 3.23. The van der Waals surface area contributed by atoms with Crippen LogP contribution in [0.5, 0.6) is 0 Å². The maximum Gasteiger partial charge on any atom is 0.126 e. The minimum atomic E-state index is -0.122. The van der Waals surface area contributed by atoms with Crippen LogP contribution in [-0.2, 0) is 0 Å². The summed E-state index contributed by atoms with van der Waals surface area (Å²) in [6.45, 7) is 11.6. The Morgan fingerprint density at radius 3 is 2.75 bits per heavy atom. The Morgan fingerprint density at radius 2 is 2.20 bits per heavy atom. The second-order valence-electron chi connectivity index (χ2n) is 5.61. The molecule has 0 saturated heterocycles. The summed E-state index contributed by atoms with van der Waals surface area (Å²) in [4.78, 5) is 2.36. The predicted octanol–water partition coefficient (Wildman–Crippen LogP) is 3.96. The lowest BCUT2D eigenvalue weighted by atomic mass is 10.0. The first kappa shape index (κ1) is 15.0. The van der Waals surface area contributed by atoms with Crippen molar-refractivity contribution in [1.82, 2.24) is 5.32 Å². The fourth-order valence-electron chi connectivity index (χ4n) is 2.66. The lowest BCUT2D eigenvalue weighted by Crippen LogP contribution is -2.29. The fraction of sp³-hybridized carbons (Fsp3) is 0.529. The van der Waals surface area contributed by atoms with Crippen LogP contribution >= 0.6 is 0 Å². The average molecular weight is 276 g/mol. The zero-order chi connectivity index (χ0) is 14.7. The summed E-state index contributed by atoms with van der Waals surface area (Å²) in [6, 6.07) is 4.41. The van der Waals surface area contributed by atoms with Gasteiger partial charge in [-0.2, -0.15) is 0 Å². The van der Waals surface area contributed by atoms with E-state index in [2.05, 4.69) is 30.6 Å². The molecule has 0 aromatic heterocycles. The molecule has 110 valence electrons. The lowest BCUT2D eigenvalue weighted by molar-refractivity contribution is 0.578. The molecule has 0 bridgehead atoms. The van der Waals surface area contributed by atoms with Gasteiger partial charge >= 0.3 is 0 Å². The normalized spacial score (nSPS) is 16.0. The number of hydrogen-bond acceptors (Lipinski definition) is 2. The van der Waals surface area contributed by atoms with E-state index in [1.54, 1.807) is 6.07 Å². The van der Waals surface area contributed by atoms with Crippen molar-refractivity contribution in [3.05, 3.63) is 41.7 Å². The van der Waals surface area contributed by atoms with Crippen LogP contribution in [0.3, 0.4) is 0 Å². The Bertz CT molecular complexity index is 480. The molecule has 0 aliphatic heterocycles. The lowest BCUT2D eigenvalue weighted by Gasteiger charge is -2.29. The van der Waals surface area contributed by atoms with E-state index in [4.69, 9.17) is 0 Å². The van der Waals surface area contributed by atoms with Gasteiger partial charge in [-0.25, -0.2) is 4.39 Å². The molecule has 20 heavy (non-hydrogen) atoms. The summed E-state index contributed by atoms with van der Waals surface area (Å²) in [7, 11) is 0. The first-order valence-electron chi connectivity index (χ1n) is 7.49. The van der Waals surface area contributed by atoms with Crippen molar-refractivity contribution in [3.63, 3.8) is 0 Å². The van der Waals surface area contributed by atoms with Crippen molar-refractivity contribution >= 4 is 5.69 Å². The maximum absolute atomic E-state index is 14.0. The molecule has 1 saturated carbocycles. The molecule has 1 fully saturated rings. The molecular weight excluding hydrogens is 251 g/mol. The van der Waals surface area contributed by atoms with Crippen molar-refractivity contribution in [2.24, 2.45) is 0 Å². The second kappa shape index (κ2) is 6.40. The Balaban J connectivity index is 2.42. The molecule has 0 radical (unpaired) electrons. The van der Waals surface area contributed by atoms with Crippen LogP contribution in [0.2, 0.25) is 0 Å². The molecule has 2 nitrogen and oxygen atoms in total. The van der Waals surface area contributed by atoms with Crippen molar-refractivity contribution in [2.75, 3.05) is 18.0 Å². The highest BCUT2D eigenvalue weighted by Crippen LogP contribution is 2.36. The Kier molecular flexibility index (Phi) is 4.81. The smallest absolute Gasteiger partial charge is 0.126 e. The van der Waals surface area contributed by atoms with E-state index in [0.29, 0.717) is 11.6 Å². The van der Waals surface area contributed by atoms with Gasteiger partial charge in [-0.15, -0.1) is 6.58 Å². The number of hydrogen-bond donors (Lipinski definition) is 1. The minimum Gasteiger partial charge on any atom is -0.365 e. The minimum absolute atomic E-state index is 0.122. The van der Waals surface area contributed by atoms with Crippen LogP contribution < -0.4 is 10.2 Å². The molecule has 3 heteroatoms. The molecular formula is C17H25FN2. The summed E-state index contributed by atoms with van der Waals surface area (Å²) in [6.07, 6.45) is 4.37. The Hall–Kier alpha value is -1.35. The zero-order valence-corrected chi connectivity index (χ0v) is 12.7. The third kappa shape index (κ3) is 3.21. The van der Waals surface area contributed by atoms with Gasteiger partial charge in [0.15, 0.2) is 0 Å². The van der Waals surface area contributed by atoms with E-state index in [0.717, 1.165) is 24.3 Å². The van der Waals surface area contributed by atoms with Crippen molar-refractivity contribution in [2.45, 2.75) is 45.7 Å². The quantitative estimate of drug-likeness (QED) is 0.758. The molecule has 1 aromatic rings. The van der Waals surface area contributed by atoms with Crippen LogP contribution in [-0.4, -0.2) is 19.1 Å². The SMILES string of the molecule is C=CCN(c1cc(C)c(F)cc1C(C)NCC)C1CC1. The Labute approximate surface area is 121 Å². The highest BCUT2D eigenvalue weighted by atomic mass is 19.1. The van der Waals surface area contributed by atoms with Crippen molar-refractivity contribution < 1.29 is 4.39 Å². The number of nitrogens with one attached hydrogen (secondary N) is 1. The summed E-state index contributed by atoms with van der Waals surface area (Å²) < 4.78 is 14.0. The number of halogens is 1. The van der Waals surface area contributed by atoms with Gasteiger partial charge in [-0.1, -0.05) is 13.0 Å². The van der Waals surface area contributed by atoms with Crippen LogP contribution in [0.1, 0.15) is 43.9 Å². The molecule has 1 N–H and O–H groups in total. The number of aryl methyl sites for hydroxylation is 1. The first-order chi connectivity index (χ1) is 9.58. The van der Waals surface area contributed by atoms with Gasteiger partial charge < -0.3 is 10.2 Å². The molecule has 1 aliphatic rings. The standard InChI is InChI=1S/C17H25FN2/c1-5-9-20(14-7-8-14)17-10-12(3)16(18)11-15(17)13(4)19-6-2/h5,10-11,13-14,19H,1,6-9H2,2-4H3. The van der Waals surface area contributed by atoms with Gasteiger partial charge in [0.2, 0.25) is 0 Å². The third-order valence-corrected chi connectivity index (χ3v) is 3.91. The highest BCUT2D eigenvalue weighted by Gasteiger charge is 2.30. The molecule has 1 atom stereocenters. The highest BCUT2D eigenvalue weighted by molar-refractivity contribution is 5.59. The van der Waals surface area contributed by atoms with E-state index >= 15 is 0 Å². The molecule has 2 rings (SSSR count). The van der Waals surface area contributed by atoms with Crippen LogP contribution in [0.15, 0.2) is 24.8 Å². The third-order valence-electron chi connectivity index (χ3n) is 3.91. The number of anilines is 1. The summed E-state index contributed by atoms with van der Waals surface area (Å²) in [5, 5.41) is 3.39. The molecule has 1 unspecified atom stereocenters. The van der Waals surface area contributed by atoms with E-state index in [1.807, 2.05) is 19.1 Å². The largest absolute Gasteiger partial charge is 0.365 e. The fourth-order valence-corrected chi connectivity index (χ4v) is 2.66. The van der Waals surface area contributed by atoms with E-state index < -0.39 is 0 Å². The van der Waals surface area contributed by atoms with Gasteiger partial charge in [0.25, 0.3) is 0 Å². The molecule has 1 aromatic carbocycles.